The standard InChI is InChI=1S/C15H24N4O2/c1-11(13-5-4-8-21-13)18-15(20)17-10-12-6-7-16-14(9-12)19(2)3/h6-7,9,11,13H,4-5,8,10H2,1-3H3,(H2,17,18,20)/t11-,13+/m1/s1. The van der Waals surface area contributed by atoms with E-state index in [0.29, 0.717) is 6.54 Å². The second kappa shape index (κ2) is 7.26. The van der Waals surface area contributed by atoms with Gasteiger partial charge >= 0.3 is 6.03 Å². The van der Waals surface area contributed by atoms with Crippen molar-refractivity contribution in [1.82, 2.24) is 15.6 Å². The second-order valence-electron chi connectivity index (χ2n) is 5.58. The van der Waals surface area contributed by atoms with Crippen LogP contribution in [-0.4, -0.2) is 43.9 Å². The molecule has 0 radical (unpaired) electrons. The molecule has 1 aromatic rings. The van der Waals surface area contributed by atoms with E-state index in [2.05, 4.69) is 15.6 Å². The lowest BCUT2D eigenvalue weighted by Crippen LogP contribution is -2.45. The van der Waals surface area contributed by atoms with Crippen LogP contribution in [0.1, 0.15) is 25.3 Å². The zero-order valence-electron chi connectivity index (χ0n) is 12.9. The molecule has 1 aromatic heterocycles. The third-order valence-corrected chi connectivity index (χ3v) is 3.60. The van der Waals surface area contributed by atoms with Gasteiger partial charge < -0.3 is 20.3 Å². The van der Waals surface area contributed by atoms with Crippen LogP contribution in [0, 0.1) is 0 Å². The van der Waals surface area contributed by atoms with Crippen molar-refractivity contribution in [1.29, 1.82) is 0 Å². The van der Waals surface area contributed by atoms with Gasteiger partial charge in [0.25, 0.3) is 0 Å². The molecule has 0 aromatic carbocycles. The quantitative estimate of drug-likeness (QED) is 0.863. The molecule has 1 fully saturated rings. The van der Waals surface area contributed by atoms with E-state index in [4.69, 9.17) is 4.74 Å². The summed E-state index contributed by atoms with van der Waals surface area (Å²) in [6.07, 6.45) is 3.97. The lowest BCUT2D eigenvalue weighted by Gasteiger charge is -2.20. The molecule has 2 heterocycles. The Kier molecular flexibility index (Phi) is 5.38. The summed E-state index contributed by atoms with van der Waals surface area (Å²) < 4.78 is 5.56. The Morgan fingerprint density at radius 1 is 1.57 bits per heavy atom. The van der Waals surface area contributed by atoms with E-state index < -0.39 is 0 Å². The van der Waals surface area contributed by atoms with E-state index in [-0.39, 0.29) is 18.2 Å². The first-order valence-corrected chi connectivity index (χ1v) is 7.34. The van der Waals surface area contributed by atoms with Crippen molar-refractivity contribution in [3.05, 3.63) is 23.9 Å². The van der Waals surface area contributed by atoms with Gasteiger partial charge in [-0.2, -0.15) is 0 Å². The van der Waals surface area contributed by atoms with Gasteiger partial charge in [-0.3, -0.25) is 0 Å². The highest BCUT2D eigenvalue weighted by molar-refractivity contribution is 5.74. The van der Waals surface area contributed by atoms with Crippen molar-refractivity contribution in [3.8, 4) is 0 Å². The summed E-state index contributed by atoms with van der Waals surface area (Å²) in [7, 11) is 3.88. The maximum Gasteiger partial charge on any atom is 0.315 e. The van der Waals surface area contributed by atoms with Gasteiger partial charge in [0.05, 0.1) is 12.1 Å². The van der Waals surface area contributed by atoms with Crippen molar-refractivity contribution < 1.29 is 9.53 Å². The molecule has 21 heavy (non-hydrogen) atoms. The summed E-state index contributed by atoms with van der Waals surface area (Å²) in [6.45, 7) is 3.25. The molecular weight excluding hydrogens is 268 g/mol. The minimum atomic E-state index is -0.166. The van der Waals surface area contributed by atoms with Crippen molar-refractivity contribution in [2.45, 2.75) is 38.5 Å². The molecule has 0 aliphatic carbocycles. The van der Waals surface area contributed by atoms with Crippen LogP contribution in [-0.2, 0) is 11.3 Å². The van der Waals surface area contributed by atoms with E-state index >= 15 is 0 Å². The number of nitrogens with one attached hydrogen (secondary N) is 2. The number of hydrogen-bond acceptors (Lipinski definition) is 4. The number of nitrogens with zero attached hydrogens (tertiary/aromatic N) is 2. The molecule has 2 atom stereocenters. The fraction of sp³-hybridized carbons (Fsp3) is 0.600. The molecule has 0 spiro atoms. The predicted molar refractivity (Wildman–Crippen MR) is 82.4 cm³/mol. The molecule has 2 rings (SSSR count). The fourth-order valence-corrected chi connectivity index (χ4v) is 2.35. The normalized spacial score (nSPS) is 19.1. The van der Waals surface area contributed by atoms with E-state index in [1.165, 1.54) is 0 Å². The van der Waals surface area contributed by atoms with Gasteiger partial charge in [0.15, 0.2) is 0 Å². The Hall–Kier alpha value is -1.82. The second-order valence-corrected chi connectivity index (χ2v) is 5.58. The Labute approximate surface area is 125 Å². The third kappa shape index (κ3) is 4.60. The Bertz CT molecular complexity index is 472. The van der Waals surface area contributed by atoms with Crippen LogP contribution >= 0.6 is 0 Å². The molecule has 2 amide bonds. The van der Waals surface area contributed by atoms with Gasteiger partial charge in [-0.05, 0) is 37.5 Å². The van der Waals surface area contributed by atoms with Crippen LogP contribution in [0.3, 0.4) is 0 Å². The van der Waals surface area contributed by atoms with E-state index in [1.54, 1.807) is 6.20 Å². The van der Waals surface area contributed by atoms with Gasteiger partial charge in [-0.1, -0.05) is 0 Å². The number of carbonyl (C=O) groups is 1. The van der Waals surface area contributed by atoms with Crippen LogP contribution in [0.25, 0.3) is 0 Å². The van der Waals surface area contributed by atoms with Gasteiger partial charge in [-0.15, -0.1) is 0 Å². The number of urea groups is 1. The van der Waals surface area contributed by atoms with Crippen LogP contribution in [0.2, 0.25) is 0 Å². The summed E-state index contributed by atoms with van der Waals surface area (Å²) in [5.74, 6) is 0.877. The molecule has 1 saturated heterocycles. The minimum Gasteiger partial charge on any atom is -0.376 e. The highest BCUT2D eigenvalue weighted by Gasteiger charge is 2.23. The number of aromatic nitrogens is 1. The van der Waals surface area contributed by atoms with Gasteiger partial charge in [0.2, 0.25) is 0 Å². The van der Waals surface area contributed by atoms with Crippen molar-refractivity contribution in [2.75, 3.05) is 25.6 Å². The molecule has 1 aliphatic rings. The number of anilines is 1. The number of amides is 2. The van der Waals surface area contributed by atoms with E-state index in [0.717, 1.165) is 30.8 Å². The molecule has 0 saturated carbocycles. The van der Waals surface area contributed by atoms with E-state index in [1.807, 2.05) is 38.1 Å². The molecule has 6 nitrogen and oxygen atoms in total. The average molecular weight is 292 g/mol. The van der Waals surface area contributed by atoms with E-state index in [9.17, 15) is 4.79 Å². The molecule has 1 aliphatic heterocycles. The lowest BCUT2D eigenvalue weighted by atomic mass is 10.1. The molecule has 116 valence electrons. The first-order chi connectivity index (χ1) is 10.1. The Balaban J connectivity index is 1.79. The summed E-state index contributed by atoms with van der Waals surface area (Å²) in [5, 5.41) is 5.80. The first-order valence-electron chi connectivity index (χ1n) is 7.34. The third-order valence-electron chi connectivity index (χ3n) is 3.60. The summed E-state index contributed by atoms with van der Waals surface area (Å²) in [5.41, 5.74) is 1.02. The van der Waals surface area contributed by atoms with Crippen LogP contribution in [0.15, 0.2) is 18.3 Å². The van der Waals surface area contributed by atoms with Gasteiger partial charge in [0.1, 0.15) is 5.82 Å². The number of carbonyl (C=O) groups excluding carboxylic acids is 1. The van der Waals surface area contributed by atoms with Crippen LogP contribution in [0.5, 0.6) is 0 Å². The van der Waals surface area contributed by atoms with Crippen LogP contribution in [0.4, 0.5) is 10.6 Å². The monoisotopic (exact) mass is 292 g/mol. The predicted octanol–water partition coefficient (Wildman–Crippen LogP) is 1.51. The van der Waals surface area contributed by atoms with Crippen molar-refractivity contribution >= 4 is 11.8 Å². The van der Waals surface area contributed by atoms with Crippen molar-refractivity contribution in [2.24, 2.45) is 0 Å². The summed E-state index contributed by atoms with van der Waals surface area (Å²) >= 11 is 0. The zero-order valence-corrected chi connectivity index (χ0v) is 12.9. The number of rotatable bonds is 5. The average Bonchev–Trinajstić information content (AvgIpc) is 2.99. The minimum absolute atomic E-state index is 0.0299. The maximum atomic E-state index is 11.9. The lowest BCUT2D eigenvalue weighted by molar-refractivity contribution is 0.0860. The molecule has 6 heteroatoms. The van der Waals surface area contributed by atoms with Gasteiger partial charge in [0, 0.05) is 33.4 Å². The SMILES string of the molecule is C[C@@H](NC(=O)NCc1ccnc(N(C)C)c1)[C@@H]1CCCO1. The Morgan fingerprint density at radius 2 is 2.38 bits per heavy atom. The first kappa shape index (κ1) is 15.6. The number of ether oxygens (including phenoxy) is 1. The number of hydrogen-bond donors (Lipinski definition) is 2. The summed E-state index contributed by atoms with van der Waals surface area (Å²) in [4.78, 5) is 18.1. The van der Waals surface area contributed by atoms with Gasteiger partial charge in [-0.25, -0.2) is 9.78 Å². The Morgan fingerprint density at radius 3 is 3.05 bits per heavy atom. The largest absolute Gasteiger partial charge is 0.376 e. The summed E-state index contributed by atoms with van der Waals surface area (Å²) in [6, 6.07) is 3.73. The highest BCUT2D eigenvalue weighted by atomic mass is 16.5. The molecule has 0 unspecified atom stereocenters. The fourth-order valence-electron chi connectivity index (χ4n) is 2.35. The van der Waals surface area contributed by atoms with Crippen LogP contribution < -0.4 is 15.5 Å². The smallest absolute Gasteiger partial charge is 0.315 e. The highest BCUT2D eigenvalue weighted by Crippen LogP contribution is 2.15. The zero-order chi connectivity index (χ0) is 15.2. The van der Waals surface area contributed by atoms with Crippen molar-refractivity contribution in [3.63, 3.8) is 0 Å². The molecule has 2 N–H and O–H groups in total. The maximum absolute atomic E-state index is 11.9. The topological polar surface area (TPSA) is 66.5 Å². The number of pyridine rings is 1. The molecule has 0 bridgehead atoms. The molecular formula is C15H24N4O2.